The molecule has 0 aromatic heterocycles. The molecular weight excluding hydrogens is 909 g/mol. The molecule has 2 atom stereocenters. The molecule has 2 aromatic carbocycles. The summed E-state index contributed by atoms with van der Waals surface area (Å²) in [4.78, 5) is 15.0. The van der Waals surface area contributed by atoms with E-state index in [-0.39, 0.29) is 50.0 Å². The summed E-state index contributed by atoms with van der Waals surface area (Å²) < 4.78 is 7.22. The topological polar surface area (TPSA) is 26.3 Å². The van der Waals surface area contributed by atoms with E-state index in [0.717, 1.165) is 18.2 Å². The van der Waals surface area contributed by atoms with Crippen molar-refractivity contribution < 1.29 is 9.53 Å². The average molecular weight is 1040 g/mol. The molecule has 0 saturated carbocycles. The predicted molar refractivity (Wildman–Crippen MR) is 336 cm³/mol. The number of hydrogen-bond acceptors (Lipinski definition) is 2. The highest BCUT2D eigenvalue weighted by atomic mass is 16.5. The summed E-state index contributed by atoms with van der Waals surface area (Å²) in [6, 6.07) is 14.7. The van der Waals surface area contributed by atoms with Crippen LogP contribution >= 0.6 is 0 Å². The summed E-state index contributed by atoms with van der Waals surface area (Å²) in [6.07, 6.45) is 39.4. The third-order valence-corrected chi connectivity index (χ3v) is 24.2. The molecule has 0 aliphatic heterocycles. The lowest BCUT2D eigenvalue weighted by Crippen LogP contribution is -2.49. The monoisotopic (exact) mass is 1040 g/mol. The van der Waals surface area contributed by atoms with Crippen molar-refractivity contribution in [3.05, 3.63) is 48.0 Å². The van der Waals surface area contributed by atoms with Crippen molar-refractivity contribution in [2.45, 2.75) is 350 Å². The highest BCUT2D eigenvalue weighted by Gasteiger charge is 2.56. The first-order valence-electron chi connectivity index (χ1n) is 33.4. The summed E-state index contributed by atoms with van der Waals surface area (Å²) in [5, 5.41) is 2.28. The molecule has 2 unspecified atom stereocenters. The van der Waals surface area contributed by atoms with Crippen LogP contribution in [0.25, 0.3) is 10.8 Å². The number of unbranched alkanes of at least 4 members (excludes halogenated alkanes) is 2. The van der Waals surface area contributed by atoms with Gasteiger partial charge in [-0.05, 0) is 142 Å². The van der Waals surface area contributed by atoms with E-state index in [2.05, 4.69) is 175 Å². The van der Waals surface area contributed by atoms with Gasteiger partial charge in [0.25, 0.3) is 0 Å². The minimum absolute atomic E-state index is 0.0661. The van der Waals surface area contributed by atoms with Crippen LogP contribution in [0.3, 0.4) is 0 Å². The van der Waals surface area contributed by atoms with Gasteiger partial charge in [-0.1, -0.05) is 304 Å². The molecule has 436 valence electrons. The van der Waals surface area contributed by atoms with Crippen molar-refractivity contribution in [1.29, 1.82) is 0 Å². The Labute approximate surface area is 470 Å². The number of carbonyl (C=O) groups is 1. The molecule has 75 heavy (non-hydrogen) atoms. The van der Waals surface area contributed by atoms with Gasteiger partial charge in [0.05, 0.1) is 5.56 Å². The Kier molecular flexibility index (Phi) is 29.4. The Morgan fingerprint density at radius 2 is 0.667 bits per heavy atom. The zero-order valence-corrected chi connectivity index (χ0v) is 54.6. The van der Waals surface area contributed by atoms with Crippen molar-refractivity contribution in [2.75, 3.05) is 0 Å². The lowest BCUT2D eigenvalue weighted by atomic mass is 9.46. The van der Waals surface area contributed by atoms with Gasteiger partial charge in [0.2, 0.25) is 0 Å². The molecule has 0 heterocycles. The fourth-order valence-corrected chi connectivity index (χ4v) is 17.4. The van der Waals surface area contributed by atoms with Gasteiger partial charge in [-0.15, -0.1) is 0 Å². The average Bonchev–Trinajstić information content (AvgIpc) is 3.45. The third kappa shape index (κ3) is 17.8. The van der Waals surface area contributed by atoms with Crippen LogP contribution in [0.5, 0.6) is 0 Å². The number of ether oxygens (including phenoxy) is 1. The maximum absolute atomic E-state index is 15.0. The largest absolute Gasteiger partial charge is 0.459 e. The van der Waals surface area contributed by atoms with Crippen LogP contribution in [0.1, 0.15) is 354 Å². The van der Waals surface area contributed by atoms with E-state index in [1.54, 1.807) is 0 Å². The first-order chi connectivity index (χ1) is 35.7. The predicted octanol–water partition coefficient (Wildman–Crippen LogP) is 25.1. The molecule has 0 fully saturated rings. The van der Waals surface area contributed by atoms with Crippen LogP contribution in [0.15, 0.2) is 42.5 Å². The molecule has 0 aliphatic rings. The summed E-state index contributed by atoms with van der Waals surface area (Å²) in [6.45, 7) is 50.7. The maximum atomic E-state index is 15.0. The lowest BCUT2D eigenvalue weighted by Gasteiger charge is -2.59. The molecule has 0 saturated heterocycles. The highest BCUT2D eigenvalue weighted by Crippen LogP contribution is 2.67. The van der Waals surface area contributed by atoms with Crippen molar-refractivity contribution in [3.63, 3.8) is 0 Å². The number of carbonyl (C=O) groups excluding carboxylic acids is 1. The van der Waals surface area contributed by atoms with Crippen LogP contribution in [0, 0.1) is 48.7 Å². The van der Waals surface area contributed by atoms with Crippen LogP contribution in [-0.4, -0.2) is 12.1 Å². The fraction of sp³-hybridized carbons (Fsp3) is 0.849. The number of hydrogen-bond donors (Lipinski definition) is 0. The van der Waals surface area contributed by atoms with Gasteiger partial charge in [-0.25, -0.2) is 4.79 Å². The normalized spacial score (nSPS) is 14.9. The molecule has 0 radical (unpaired) electrons. The lowest BCUT2D eigenvalue weighted by molar-refractivity contribution is -0.0936. The van der Waals surface area contributed by atoms with Crippen molar-refractivity contribution in [1.82, 2.24) is 0 Å². The second-order valence-electron chi connectivity index (χ2n) is 26.9. The zero-order chi connectivity index (χ0) is 56.7. The Morgan fingerprint density at radius 1 is 0.360 bits per heavy atom. The minimum atomic E-state index is -0.172. The van der Waals surface area contributed by atoms with E-state index >= 15 is 4.79 Å². The molecule has 0 aliphatic carbocycles. The molecule has 2 nitrogen and oxygen atoms in total. The maximum Gasteiger partial charge on any atom is 0.338 e. The van der Waals surface area contributed by atoms with Crippen LogP contribution < -0.4 is 0 Å². The Balaban J connectivity index is 3.62. The molecule has 2 heteroatoms. The molecule has 2 aromatic rings. The highest BCUT2D eigenvalue weighted by molar-refractivity contribution is 5.95. The van der Waals surface area contributed by atoms with Crippen molar-refractivity contribution in [2.24, 2.45) is 48.7 Å². The second-order valence-corrected chi connectivity index (χ2v) is 26.9. The molecular formula is C73H132O2. The fourth-order valence-electron chi connectivity index (χ4n) is 17.4. The Hall–Kier alpha value is -1.83. The first-order valence-corrected chi connectivity index (χ1v) is 33.4. The number of rotatable bonds is 43. The second kappa shape index (κ2) is 31.8. The SMILES string of the molecule is CCCCCC(CC(CC)(CC)CC)(CC(CC)(CC)CC)CC(CC(CC)OC(=O)c1ccc2ccccc2c1)(CC(CC)(CC)CC)CC(CC(CC)(CC)CC)(CC(CC)(CC)CC)CC(CC)(CC)CC. The van der Waals surface area contributed by atoms with E-state index in [9.17, 15) is 0 Å². The van der Waals surface area contributed by atoms with Crippen LogP contribution in [-0.2, 0) is 4.74 Å². The van der Waals surface area contributed by atoms with Gasteiger partial charge in [-0.2, -0.15) is 0 Å². The summed E-state index contributed by atoms with van der Waals surface area (Å²) in [7, 11) is 0. The molecule has 2 rings (SSSR count). The van der Waals surface area contributed by atoms with Gasteiger partial charge in [0.1, 0.15) is 6.10 Å². The zero-order valence-electron chi connectivity index (χ0n) is 54.6. The summed E-state index contributed by atoms with van der Waals surface area (Å²) >= 11 is 0. The smallest absolute Gasteiger partial charge is 0.338 e. The number of benzene rings is 2. The van der Waals surface area contributed by atoms with Gasteiger partial charge in [-0.3, -0.25) is 0 Å². The van der Waals surface area contributed by atoms with Gasteiger partial charge in [0, 0.05) is 0 Å². The molecule has 0 N–H and O–H groups in total. The van der Waals surface area contributed by atoms with Crippen LogP contribution in [0.4, 0.5) is 0 Å². The Morgan fingerprint density at radius 3 is 1.00 bits per heavy atom. The Bertz CT molecular complexity index is 1710. The van der Waals surface area contributed by atoms with E-state index in [0.29, 0.717) is 16.4 Å². The van der Waals surface area contributed by atoms with E-state index < -0.39 is 0 Å². The third-order valence-electron chi connectivity index (χ3n) is 24.2. The van der Waals surface area contributed by atoms with E-state index in [1.165, 1.54) is 198 Å². The van der Waals surface area contributed by atoms with E-state index in [1.807, 2.05) is 6.07 Å². The van der Waals surface area contributed by atoms with Gasteiger partial charge in [0.15, 0.2) is 0 Å². The number of esters is 1. The first kappa shape index (κ1) is 69.3. The van der Waals surface area contributed by atoms with E-state index in [4.69, 9.17) is 4.74 Å². The van der Waals surface area contributed by atoms with Crippen molar-refractivity contribution in [3.8, 4) is 0 Å². The summed E-state index contributed by atoms with van der Waals surface area (Å²) in [5.74, 6) is -0.135. The standard InChI is InChI=1S/C73H132O2/c1-21-41-44-49-71(52-65(23-3,24-4)25-5,53-66(26-6,27-7)28-8)58-72(54-67(29-9,30-10)31-11,51-63(22-2)75-64(74)62-48-47-60-45-42-43-46-61(60)50-62)59-73(55-68(32-12,33-13)34-14,56-69(35-15,36-16)37-17)57-70(38-18,39-19)40-20/h42-43,45-48,50,63H,21-41,44,49,51-59H2,1-20H3. The molecule has 0 bridgehead atoms. The molecule has 0 spiro atoms. The quantitative estimate of drug-likeness (QED) is 0.0489. The van der Waals surface area contributed by atoms with Gasteiger partial charge >= 0.3 is 5.97 Å². The minimum Gasteiger partial charge on any atom is -0.459 e. The molecule has 0 amide bonds. The van der Waals surface area contributed by atoms with Gasteiger partial charge < -0.3 is 4.74 Å². The number of fused-ring (bicyclic) bond motifs is 1. The van der Waals surface area contributed by atoms with Crippen LogP contribution in [0.2, 0.25) is 0 Å². The van der Waals surface area contributed by atoms with Crippen molar-refractivity contribution >= 4 is 16.7 Å². The summed E-state index contributed by atoms with van der Waals surface area (Å²) in [5.41, 5.74) is 2.51.